The lowest BCUT2D eigenvalue weighted by atomic mass is 10.1. The molecule has 0 fully saturated rings. The SMILES string of the molecule is COC(=O)c1ccc(N(C(=O)c2ccnc(Cl)c2)C(C)C)c(C)c1. The fourth-order valence-electron chi connectivity index (χ4n) is 2.47. The highest BCUT2D eigenvalue weighted by atomic mass is 35.5. The zero-order chi connectivity index (χ0) is 17.9. The van der Waals surface area contributed by atoms with E-state index in [1.165, 1.54) is 19.4 Å². The standard InChI is InChI=1S/C18H19ClN2O3/c1-11(2)21(17(22)13-7-8-20-16(19)10-13)15-6-5-14(9-12(15)3)18(23)24-4/h5-11H,1-4H3. The molecule has 0 unspecified atom stereocenters. The molecular formula is C18H19ClN2O3. The van der Waals surface area contributed by atoms with Crippen molar-refractivity contribution in [2.45, 2.75) is 26.8 Å². The third kappa shape index (κ3) is 3.74. The fraction of sp³-hybridized carbons (Fsp3) is 0.278. The van der Waals surface area contributed by atoms with Crippen LogP contribution in [0.1, 0.15) is 40.1 Å². The van der Waals surface area contributed by atoms with Gasteiger partial charge in [0.2, 0.25) is 0 Å². The molecule has 0 aliphatic heterocycles. The molecule has 1 amide bonds. The molecule has 0 radical (unpaired) electrons. The first kappa shape index (κ1) is 17.9. The van der Waals surface area contributed by atoms with Crippen LogP contribution >= 0.6 is 11.6 Å². The summed E-state index contributed by atoms with van der Waals surface area (Å²) in [6.45, 7) is 5.70. The van der Waals surface area contributed by atoms with Crippen molar-refractivity contribution in [2.24, 2.45) is 0 Å². The van der Waals surface area contributed by atoms with Gasteiger partial charge in [0, 0.05) is 23.5 Å². The molecule has 0 aliphatic rings. The summed E-state index contributed by atoms with van der Waals surface area (Å²) < 4.78 is 4.73. The first-order chi connectivity index (χ1) is 11.3. The number of aromatic nitrogens is 1. The summed E-state index contributed by atoms with van der Waals surface area (Å²) in [7, 11) is 1.34. The summed E-state index contributed by atoms with van der Waals surface area (Å²) in [4.78, 5) is 30.1. The Labute approximate surface area is 146 Å². The Bertz CT molecular complexity index is 775. The highest BCUT2D eigenvalue weighted by Crippen LogP contribution is 2.26. The van der Waals surface area contributed by atoms with E-state index in [-0.39, 0.29) is 17.1 Å². The van der Waals surface area contributed by atoms with Crippen LogP contribution in [0.25, 0.3) is 0 Å². The van der Waals surface area contributed by atoms with E-state index in [2.05, 4.69) is 4.98 Å². The van der Waals surface area contributed by atoms with Crippen molar-refractivity contribution in [1.82, 2.24) is 4.98 Å². The molecule has 1 aromatic carbocycles. The number of hydrogen-bond acceptors (Lipinski definition) is 4. The van der Waals surface area contributed by atoms with Gasteiger partial charge in [-0.25, -0.2) is 9.78 Å². The van der Waals surface area contributed by atoms with E-state index in [1.54, 1.807) is 29.2 Å². The van der Waals surface area contributed by atoms with Gasteiger partial charge in [0.15, 0.2) is 0 Å². The van der Waals surface area contributed by atoms with Crippen LogP contribution in [0, 0.1) is 6.92 Å². The predicted molar refractivity (Wildman–Crippen MR) is 93.7 cm³/mol. The van der Waals surface area contributed by atoms with Gasteiger partial charge in [0.25, 0.3) is 5.91 Å². The van der Waals surface area contributed by atoms with E-state index < -0.39 is 5.97 Å². The molecule has 1 heterocycles. The molecule has 0 saturated carbocycles. The van der Waals surface area contributed by atoms with Gasteiger partial charge in [-0.1, -0.05) is 11.6 Å². The second-order valence-corrected chi connectivity index (χ2v) is 6.02. The van der Waals surface area contributed by atoms with Gasteiger partial charge in [0.05, 0.1) is 12.7 Å². The minimum Gasteiger partial charge on any atom is -0.465 e. The number of anilines is 1. The number of carbonyl (C=O) groups excluding carboxylic acids is 2. The van der Waals surface area contributed by atoms with E-state index in [4.69, 9.17) is 16.3 Å². The largest absolute Gasteiger partial charge is 0.465 e. The molecule has 6 heteroatoms. The highest BCUT2D eigenvalue weighted by Gasteiger charge is 2.23. The van der Waals surface area contributed by atoms with Gasteiger partial charge < -0.3 is 9.64 Å². The van der Waals surface area contributed by atoms with E-state index in [0.717, 1.165) is 11.3 Å². The second-order valence-electron chi connectivity index (χ2n) is 5.63. The Kier molecular flexibility index (Phi) is 5.57. The minimum absolute atomic E-state index is 0.0767. The maximum absolute atomic E-state index is 12.9. The van der Waals surface area contributed by atoms with Crippen LogP contribution in [0.4, 0.5) is 5.69 Å². The first-order valence-corrected chi connectivity index (χ1v) is 7.87. The van der Waals surface area contributed by atoms with Crippen molar-refractivity contribution in [1.29, 1.82) is 0 Å². The summed E-state index contributed by atoms with van der Waals surface area (Å²) in [6, 6.07) is 8.20. The number of ether oxygens (including phenoxy) is 1. The Morgan fingerprint density at radius 1 is 1.17 bits per heavy atom. The molecule has 0 spiro atoms. The van der Waals surface area contributed by atoms with Gasteiger partial charge in [0.1, 0.15) is 5.15 Å². The smallest absolute Gasteiger partial charge is 0.337 e. The number of halogens is 1. The highest BCUT2D eigenvalue weighted by molar-refractivity contribution is 6.29. The van der Waals surface area contributed by atoms with Crippen LogP contribution in [0.2, 0.25) is 5.15 Å². The number of pyridine rings is 1. The average Bonchev–Trinajstić information content (AvgIpc) is 2.55. The predicted octanol–water partition coefficient (Wildman–Crippen LogP) is 3.89. The van der Waals surface area contributed by atoms with E-state index in [9.17, 15) is 9.59 Å². The Morgan fingerprint density at radius 3 is 2.42 bits per heavy atom. The van der Waals surface area contributed by atoms with Crippen LogP contribution in [0.3, 0.4) is 0 Å². The van der Waals surface area contributed by atoms with Crippen molar-refractivity contribution in [2.75, 3.05) is 12.0 Å². The molecule has 126 valence electrons. The van der Waals surface area contributed by atoms with Crippen molar-refractivity contribution < 1.29 is 14.3 Å². The van der Waals surface area contributed by atoms with Crippen LogP contribution in [-0.4, -0.2) is 30.0 Å². The lowest BCUT2D eigenvalue weighted by molar-refractivity contribution is 0.0600. The molecule has 24 heavy (non-hydrogen) atoms. The zero-order valence-corrected chi connectivity index (χ0v) is 14.8. The molecule has 0 aliphatic carbocycles. The van der Waals surface area contributed by atoms with Crippen LogP contribution in [-0.2, 0) is 4.74 Å². The number of esters is 1. The van der Waals surface area contributed by atoms with Gasteiger partial charge in [-0.05, 0) is 56.7 Å². The van der Waals surface area contributed by atoms with E-state index in [0.29, 0.717) is 11.1 Å². The number of benzene rings is 1. The van der Waals surface area contributed by atoms with Gasteiger partial charge in [-0.3, -0.25) is 4.79 Å². The monoisotopic (exact) mass is 346 g/mol. The summed E-state index contributed by atoms with van der Waals surface area (Å²) in [5, 5.41) is 0.266. The summed E-state index contributed by atoms with van der Waals surface area (Å²) >= 11 is 5.89. The summed E-state index contributed by atoms with van der Waals surface area (Å²) in [6.07, 6.45) is 1.50. The van der Waals surface area contributed by atoms with Gasteiger partial charge in [-0.15, -0.1) is 0 Å². The number of rotatable bonds is 4. The fourth-order valence-corrected chi connectivity index (χ4v) is 2.64. The number of nitrogens with zero attached hydrogens (tertiary/aromatic N) is 2. The molecule has 0 bridgehead atoms. The van der Waals surface area contributed by atoms with Crippen LogP contribution < -0.4 is 4.90 Å². The van der Waals surface area contributed by atoms with Crippen molar-refractivity contribution >= 4 is 29.2 Å². The van der Waals surface area contributed by atoms with Crippen molar-refractivity contribution in [3.8, 4) is 0 Å². The topological polar surface area (TPSA) is 59.5 Å². The molecule has 0 N–H and O–H groups in total. The van der Waals surface area contributed by atoms with Gasteiger partial charge >= 0.3 is 5.97 Å². The quantitative estimate of drug-likeness (QED) is 0.622. The molecule has 2 rings (SSSR count). The van der Waals surface area contributed by atoms with E-state index >= 15 is 0 Å². The molecule has 0 saturated heterocycles. The normalized spacial score (nSPS) is 10.6. The molecule has 0 atom stereocenters. The Balaban J connectivity index is 2.45. The average molecular weight is 347 g/mol. The van der Waals surface area contributed by atoms with Crippen molar-refractivity contribution in [3.63, 3.8) is 0 Å². The molecule has 5 nitrogen and oxygen atoms in total. The third-order valence-corrected chi connectivity index (χ3v) is 3.79. The third-order valence-electron chi connectivity index (χ3n) is 3.59. The lowest BCUT2D eigenvalue weighted by Gasteiger charge is -2.28. The zero-order valence-electron chi connectivity index (χ0n) is 14.0. The number of methoxy groups -OCH3 is 1. The number of aryl methyl sites for hydroxylation is 1. The van der Waals surface area contributed by atoms with Crippen molar-refractivity contribution in [3.05, 3.63) is 58.4 Å². The number of carbonyl (C=O) groups is 2. The van der Waals surface area contributed by atoms with E-state index in [1.807, 2.05) is 20.8 Å². The summed E-state index contributed by atoms with van der Waals surface area (Å²) in [5.74, 6) is -0.587. The Hall–Kier alpha value is -2.40. The molecular weight excluding hydrogens is 328 g/mol. The number of hydrogen-bond donors (Lipinski definition) is 0. The maximum Gasteiger partial charge on any atom is 0.337 e. The molecule has 1 aromatic heterocycles. The first-order valence-electron chi connectivity index (χ1n) is 7.49. The number of amides is 1. The van der Waals surface area contributed by atoms with Crippen LogP contribution in [0.5, 0.6) is 0 Å². The van der Waals surface area contributed by atoms with Gasteiger partial charge in [-0.2, -0.15) is 0 Å². The summed E-state index contributed by atoms with van der Waals surface area (Å²) in [5.41, 5.74) is 2.44. The lowest BCUT2D eigenvalue weighted by Crippen LogP contribution is -2.37. The minimum atomic E-state index is -0.409. The second kappa shape index (κ2) is 7.45. The van der Waals surface area contributed by atoms with Crippen LogP contribution in [0.15, 0.2) is 36.5 Å². The molecule has 2 aromatic rings. The maximum atomic E-state index is 12.9. The Morgan fingerprint density at radius 2 is 1.88 bits per heavy atom.